The van der Waals surface area contributed by atoms with Crippen LogP contribution in [0.4, 0.5) is 11.4 Å². The Bertz CT molecular complexity index is 541. The third kappa shape index (κ3) is 4.16. The van der Waals surface area contributed by atoms with Gasteiger partial charge < -0.3 is 10.7 Å². The largest absolute Gasteiger partial charge is 0.351 e. The topological polar surface area (TPSA) is 110 Å². The first kappa shape index (κ1) is 16.9. The minimum atomic E-state index is -0.581. The van der Waals surface area contributed by atoms with Crippen molar-refractivity contribution in [3.05, 3.63) is 33.9 Å². The van der Waals surface area contributed by atoms with Crippen LogP contribution in [0.3, 0.4) is 0 Å². The average Bonchev–Trinajstić information content (AvgIpc) is 2.43. The zero-order chi connectivity index (χ0) is 16.2. The van der Waals surface area contributed by atoms with Crippen LogP contribution in [-0.4, -0.2) is 17.4 Å². The SMILES string of the molecule is CC(C)C(C)(C)CNC(=O)c1cc(NN)ccc1[N+](=O)[O-]. The Balaban J connectivity index is 2.98. The lowest BCUT2D eigenvalue weighted by Gasteiger charge is -2.29. The van der Waals surface area contributed by atoms with Gasteiger partial charge in [0.2, 0.25) is 0 Å². The Morgan fingerprint density at radius 3 is 2.52 bits per heavy atom. The van der Waals surface area contributed by atoms with Gasteiger partial charge >= 0.3 is 0 Å². The molecule has 0 atom stereocenters. The fraction of sp³-hybridized carbons (Fsp3) is 0.500. The van der Waals surface area contributed by atoms with Crippen LogP contribution in [0.15, 0.2) is 18.2 Å². The number of benzene rings is 1. The molecule has 1 aromatic rings. The van der Waals surface area contributed by atoms with Gasteiger partial charge in [-0.1, -0.05) is 27.7 Å². The molecule has 0 saturated heterocycles. The molecule has 0 aromatic heterocycles. The molecule has 0 unspecified atom stereocenters. The van der Waals surface area contributed by atoms with Crippen molar-refractivity contribution in [3.8, 4) is 0 Å². The molecule has 21 heavy (non-hydrogen) atoms. The smallest absolute Gasteiger partial charge is 0.282 e. The predicted octanol–water partition coefficient (Wildman–Crippen LogP) is 2.29. The van der Waals surface area contributed by atoms with E-state index in [4.69, 9.17) is 5.84 Å². The van der Waals surface area contributed by atoms with Gasteiger partial charge in [-0.3, -0.25) is 20.8 Å². The molecular formula is C14H22N4O3. The summed E-state index contributed by atoms with van der Waals surface area (Å²) in [6.07, 6.45) is 0. The summed E-state index contributed by atoms with van der Waals surface area (Å²) in [6.45, 7) is 8.62. The highest BCUT2D eigenvalue weighted by Crippen LogP contribution is 2.26. The number of nitrogens with two attached hydrogens (primary N) is 1. The minimum Gasteiger partial charge on any atom is -0.351 e. The second-order valence-electron chi connectivity index (χ2n) is 5.96. The van der Waals surface area contributed by atoms with Crippen LogP contribution in [0.1, 0.15) is 38.1 Å². The molecular weight excluding hydrogens is 272 g/mol. The summed E-state index contributed by atoms with van der Waals surface area (Å²) in [6, 6.07) is 4.08. The highest BCUT2D eigenvalue weighted by molar-refractivity contribution is 5.99. The first-order chi connectivity index (χ1) is 9.69. The number of anilines is 1. The number of amides is 1. The van der Waals surface area contributed by atoms with Crippen molar-refractivity contribution in [2.75, 3.05) is 12.0 Å². The Morgan fingerprint density at radius 1 is 1.43 bits per heavy atom. The Hall–Kier alpha value is -2.15. The molecule has 0 fully saturated rings. The standard InChI is InChI=1S/C14H22N4O3/c1-9(2)14(3,4)8-16-13(19)11-7-10(17-15)5-6-12(11)18(20)21/h5-7,9,17H,8,15H2,1-4H3,(H,16,19). The lowest BCUT2D eigenvalue weighted by molar-refractivity contribution is -0.385. The van der Waals surface area contributed by atoms with E-state index in [0.717, 1.165) is 0 Å². The highest BCUT2D eigenvalue weighted by Gasteiger charge is 2.25. The molecule has 0 radical (unpaired) electrons. The number of nitro groups is 1. The molecule has 0 aliphatic carbocycles. The van der Waals surface area contributed by atoms with Crippen molar-refractivity contribution in [1.29, 1.82) is 0 Å². The number of nitro benzene ring substituents is 1. The number of carbonyl (C=O) groups is 1. The van der Waals surface area contributed by atoms with Crippen LogP contribution in [0.5, 0.6) is 0 Å². The second-order valence-corrected chi connectivity index (χ2v) is 5.96. The third-order valence-corrected chi connectivity index (χ3v) is 3.87. The molecule has 0 aliphatic heterocycles. The van der Waals surface area contributed by atoms with E-state index >= 15 is 0 Å². The van der Waals surface area contributed by atoms with E-state index in [0.29, 0.717) is 18.2 Å². The van der Waals surface area contributed by atoms with Gasteiger partial charge in [0.1, 0.15) is 5.56 Å². The molecule has 0 bridgehead atoms. The summed E-state index contributed by atoms with van der Waals surface area (Å²) in [5, 5.41) is 13.8. The van der Waals surface area contributed by atoms with Gasteiger partial charge in [-0.05, 0) is 23.5 Å². The van der Waals surface area contributed by atoms with Crippen LogP contribution in [0, 0.1) is 21.4 Å². The Morgan fingerprint density at radius 2 is 2.05 bits per heavy atom. The third-order valence-electron chi connectivity index (χ3n) is 3.87. The summed E-state index contributed by atoms with van der Waals surface area (Å²) in [4.78, 5) is 22.7. The van der Waals surface area contributed by atoms with E-state index < -0.39 is 10.8 Å². The second kappa shape index (κ2) is 6.53. The maximum absolute atomic E-state index is 12.2. The number of nitrogens with zero attached hydrogens (tertiary/aromatic N) is 1. The number of rotatable bonds is 6. The van der Waals surface area contributed by atoms with Crippen molar-refractivity contribution in [2.24, 2.45) is 17.2 Å². The number of hydrazine groups is 1. The highest BCUT2D eigenvalue weighted by atomic mass is 16.6. The summed E-state index contributed by atoms with van der Waals surface area (Å²) in [5.41, 5.74) is 2.47. The van der Waals surface area contributed by atoms with Crippen LogP contribution < -0.4 is 16.6 Å². The molecule has 0 saturated carbocycles. The van der Waals surface area contributed by atoms with Gasteiger partial charge in [0.15, 0.2) is 0 Å². The van der Waals surface area contributed by atoms with Crippen LogP contribution in [0.2, 0.25) is 0 Å². The van der Waals surface area contributed by atoms with Crippen molar-refractivity contribution in [2.45, 2.75) is 27.7 Å². The van der Waals surface area contributed by atoms with Crippen LogP contribution >= 0.6 is 0 Å². The van der Waals surface area contributed by atoms with Crippen molar-refractivity contribution < 1.29 is 9.72 Å². The fourth-order valence-electron chi connectivity index (χ4n) is 1.57. The Kier molecular flexibility index (Phi) is 5.26. The monoisotopic (exact) mass is 294 g/mol. The van der Waals surface area contributed by atoms with Gasteiger partial charge in [0, 0.05) is 18.3 Å². The van der Waals surface area contributed by atoms with Gasteiger partial charge in [0.25, 0.3) is 11.6 Å². The molecule has 1 rings (SSSR count). The normalized spacial score (nSPS) is 11.3. The fourth-order valence-corrected chi connectivity index (χ4v) is 1.57. The Labute approximate surface area is 124 Å². The maximum Gasteiger partial charge on any atom is 0.282 e. The van der Waals surface area contributed by atoms with E-state index in [9.17, 15) is 14.9 Å². The van der Waals surface area contributed by atoms with E-state index in [1.165, 1.54) is 18.2 Å². The van der Waals surface area contributed by atoms with Gasteiger partial charge in [-0.25, -0.2) is 0 Å². The molecule has 0 heterocycles. The van der Waals surface area contributed by atoms with Gasteiger partial charge in [0.05, 0.1) is 4.92 Å². The zero-order valence-corrected chi connectivity index (χ0v) is 12.8. The lowest BCUT2D eigenvalue weighted by atomic mass is 9.81. The molecule has 4 N–H and O–H groups in total. The average molecular weight is 294 g/mol. The van der Waals surface area contributed by atoms with Gasteiger partial charge in [-0.2, -0.15) is 0 Å². The number of nitrogens with one attached hydrogen (secondary N) is 2. The van der Waals surface area contributed by atoms with E-state index in [1.54, 1.807) is 0 Å². The van der Waals surface area contributed by atoms with Crippen molar-refractivity contribution >= 4 is 17.3 Å². The summed E-state index contributed by atoms with van der Waals surface area (Å²) in [5.74, 6) is 5.16. The van der Waals surface area contributed by atoms with E-state index in [2.05, 4.69) is 24.6 Å². The molecule has 116 valence electrons. The lowest BCUT2D eigenvalue weighted by Crippen LogP contribution is -2.37. The van der Waals surface area contributed by atoms with Crippen molar-refractivity contribution in [3.63, 3.8) is 0 Å². The molecule has 0 spiro atoms. The predicted molar refractivity (Wildman–Crippen MR) is 81.9 cm³/mol. The van der Waals surface area contributed by atoms with Gasteiger partial charge in [-0.15, -0.1) is 0 Å². The molecule has 1 amide bonds. The molecule has 1 aromatic carbocycles. The number of hydrogen-bond donors (Lipinski definition) is 3. The molecule has 7 nitrogen and oxygen atoms in total. The quantitative estimate of drug-likeness (QED) is 0.423. The zero-order valence-electron chi connectivity index (χ0n) is 12.8. The minimum absolute atomic E-state index is 0.00462. The maximum atomic E-state index is 12.2. The first-order valence-corrected chi connectivity index (χ1v) is 6.72. The molecule has 7 heteroatoms. The van der Waals surface area contributed by atoms with Crippen molar-refractivity contribution in [1.82, 2.24) is 5.32 Å². The van der Waals surface area contributed by atoms with Crippen LogP contribution in [0.25, 0.3) is 0 Å². The number of hydrogen-bond acceptors (Lipinski definition) is 5. The summed E-state index contributed by atoms with van der Waals surface area (Å²) < 4.78 is 0. The van der Waals surface area contributed by atoms with Crippen LogP contribution in [-0.2, 0) is 0 Å². The van der Waals surface area contributed by atoms with E-state index in [-0.39, 0.29) is 16.7 Å². The number of carbonyl (C=O) groups excluding carboxylic acids is 1. The summed E-state index contributed by atoms with van der Waals surface area (Å²) in [7, 11) is 0. The molecule has 0 aliphatic rings. The number of nitrogen functional groups attached to an aromatic ring is 1. The van der Waals surface area contributed by atoms with E-state index in [1.807, 2.05) is 13.8 Å². The summed E-state index contributed by atoms with van der Waals surface area (Å²) >= 11 is 0. The first-order valence-electron chi connectivity index (χ1n) is 6.72.